The van der Waals surface area contributed by atoms with E-state index in [1.54, 1.807) is 0 Å². The fourth-order valence-electron chi connectivity index (χ4n) is 4.18. The third-order valence-electron chi connectivity index (χ3n) is 6.12. The first-order valence-corrected chi connectivity index (χ1v) is 12.3. The van der Waals surface area contributed by atoms with Gasteiger partial charge >= 0.3 is 12.4 Å². The number of aromatic nitrogens is 4. The summed E-state index contributed by atoms with van der Waals surface area (Å²) < 4.78 is 88.1. The fraction of sp³-hybridized carbons (Fsp3) is 0.250. The molecule has 0 fully saturated rings. The van der Waals surface area contributed by atoms with E-state index < -0.39 is 41.3 Å². The van der Waals surface area contributed by atoms with Crippen molar-refractivity contribution in [3.8, 4) is 0 Å². The van der Waals surface area contributed by atoms with E-state index in [0.29, 0.717) is 11.3 Å². The molecule has 0 saturated heterocycles. The van der Waals surface area contributed by atoms with Crippen molar-refractivity contribution < 1.29 is 50.0 Å². The fourth-order valence-corrected chi connectivity index (χ4v) is 4.62. The van der Waals surface area contributed by atoms with Gasteiger partial charge in [0.25, 0.3) is 17.3 Å². The van der Waals surface area contributed by atoms with Crippen molar-refractivity contribution in [3.05, 3.63) is 91.3 Å². The Morgan fingerprint density at radius 3 is 2.38 bits per heavy atom. The average molecular weight is 642 g/mol. The number of nitrogens with zero attached hydrogens (tertiary/aromatic N) is 3. The average Bonchev–Trinajstić information content (AvgIpc) is 3.47. The van der Waals surface area contributed by atoms with Gasteiger partial charge in [-0.2, -0.15) is 26.3 Å². The highest BCUT2D eigenvalue weighted by atomic mass is 35.5. The van der Waals surface area contributed by atoms with Crippen LogP contribution in [0.15, 0.2) is 41.5 Å². The highest BCUT2D eigenvalue weighted by Crippen LogP contribution is 2.29. The molecule has 1 aliphatic heterocycles. The van der Waals surface area contributed by atoms with E-state index >= 15 is 0 Å². The Morgan fingerprint density at radius 2 is 1.76 bits per heavy atom. The number of rotatable bonds is 3. The van der Waals surface area contributed by atoms with E-state index in [1.165, 1.54) is 38.3 Å². The largest absolute Gasteiger partial charge is 0.542 e. The van der Waals surface area contributed by atoms with Crippen LogP contribution in [-0.2, 0) is 30.5 Å². The number of hydrogen-bond donors (Lipinski definition) is 2. The van der Waals surface area contributed by atoms with Gasteiger partial charge in [-0.25, -0.2) is 13.9 Å². The van der Waals surface area contributed by atoms with Gasteiger partial charge in [0, 0.05) is 18.3 Å². The number of imidazole rings is 1. The molecule has 1 amide bonds. The van der Waals surface area contributed by atoms with E-state index in [9.17, 15) is 40.3 Å². The summed E-state index contributed by atoms with van der Waals surface area (Å²) in [6, 6.07) is 5.45. The number of aliphatic carboxylic acids is 1. The van der Waals surface area contributed by atoms with Crippen LogP contribution in [0, 0.1) is 5.82 Å². The predicted octanol–water partition coefficient (Wildman–Crippen LogP) is 3.25. The zero-order chi connectivity index (χ0) is 31.1. The molecular weight excluding hydrogens is 626 g/mol. The van der Waals surface area contributed by atoms with Crippen LogP contribution in [0.5, 0.6) is 0 Å². The molecule has 0 spiro atoms. The molecule has 18 heteroatoms. The number of fused-ring (bicyclic) bond motifs is 2. The van der Waals surface area contributed by atoms with E-state index in [2.05, 4.69) is 9.97 Å². The van der Waals surface area contributed by atoms with Gasteiger partial charge in [-0.3, -0.25) is 14.0 Å². The molecule has 1 aliphatic rings. The number of carboxylic acids is 1. The van der Waals surface area contributed by atoms with Crippen LogP contribution in [0.2, 0.25) is 10.2 Å². The quantitative estimate of drug-likeness (QED) is 0.264. The molecule has 0 radical (unpaired) electrons. The molecular formula is C24H16Cl2F7N5O4. The van der Waals surface area contributed by atoms with E-state index in [1.807, 2.05) is 0 Å². The summed E-state index contributed by atoms with van der Waals surface area (Å²) in [6.07, 6.45) is -7.14. The Bertz CT molecular complexity index is 1740. The van der Waals surface area contributed by atoms with Crippen LogP contribution in [0.4, 0.5) is 30.7 Å². The normalized spacial score (nSPS) is 13.5. The standard InChI is InChI=1S/C22H15Cl2F4N5O2.C2HF3O2/c23-14-7-16-20(34)29-8-12(33(16)19(14)24)5-11-1-2-15(25)13(6-11)21(35)32-4-3-31-9-17(22(26,27)28)30-18(31)10-32;3-2(4,5)1(6)7/h1-2,6-9H,3-5,10H2,(H,29,34);(H,6,7). The summed E-state index contributed by atoms with van der Waals surface area (Å²) in [6.45, 7) is 0.126. The minimum Gasteiger partial charge on any atom is -0.542 e. The number of alkyl halides is 6. The van der Waals surface area contributed by atoms with E-state index in [-0.39, 0.29) is 53.1 Å². The molecule has 0 saturated carbocycles. The lowest BCUT2D eigenvalue weighted by Gasteiger charge is -2.24. The second-order valence-corrected chi connectivity index (χ2v) is 9.69. The second-order valence-electron chi connectivity index (χ2n) is 8.92. The SMILES string of the molecule is O=C([O-])C(F)(F)F.O=C(c1cc(Cc2c[nH]c(=O)c3cc(Cl)c(Cl)n23)ccc1F)N1CC[n+]2cc(C(F)(F)F)[nH]c2C1. The van der Waals surface area contributed by atoms with Gasteiger partial charge in [0.1, 0.15) is 41.7 Å². The molecule has 0 atom stereocenters. The molecule has 5 rings (SSSR count). The first-order valence-electron chi connectivity index (χ1n) is 11.6. The van der Waals surface area contributed by atoms with Crippen molar-refractivity contribution in [2.75, 3.05) is 6.54 Å². The molecule has 4 heterocycles. The number of hydrogen-bond acceptors (Lipinski definition) is 4. The second kappa shape index (κ2) is 11.3. The van der Waals surface area contributed by atoms with Gasteiger partial charge in [0.05, 0.1) is 17.1 Å². The summed E-state index contributed by atoms with van der Waals surface area (Å²) in [5, 5.41) is 9.12. The minimum absolute atomic E-state index is 0.118. The smallest absolute Gasteiger partial charge is 0.457 e. The van der Waals surface area contributed by atoms with Gasteiger partial charge in [-0.05, 0) is 23.8 Å². The Kier molecular flexibility index (Phi) is 8.33. The molecule has 42 heavy (non-hydrogen) atoms. The van der Waals surface area contributed by atoms with E-state index in [0.717, 1.165) is 12.3 Å². The van der Waals surface area contributed by atoms with Crippen LogP contribution < -0.4 is 15.2 Å². The Labute approximate surface area is 239 Å². The predicted molar refractivity (Wildman–Crippen MR) is 129 cm³/mol. The molecule has 0 bridgehead atoms. The van der Waals surface area contributed by atoms with Gasteiger partial charge in [-0.15, -0.1) is 0 Å². The first-order chi connectivity index (χ1) is 19.5. The molecule has 4 aromatic rings. The van der Waals surface area contributed by atoms with Crippen LogP contribution >= 0.6 is 23.2 Å². The minimum atomic E-state index is -5.19. The molecule has 1 aromatic carbocycles. The maximum Gasteiger partial charge on any atom is 0.457 e. The summed E-state index contributed by atoms with van der Waals surface area (Å²) >= 11 is 12.3. The van der Waals surface area contributed by atoms with Crippen LogP contribution in [0.3, 0.4) is 0 Å². The third-order valence-corrected chi connectivity index (χ3v) is 6.88. The van der Waals surface area contributed by atoms with Crippen molar-refractivity contribution in [1.29, 1.82) is 0 Å². The van der Waals surface area contributed by atoms with Crippen LogP contribution in [0.25, 0.3) is 5.52 Å². The van der Waals surface area contributed by atoms with E-state index in [4.69, 9.17) is 33.1 Å². The highest BCUT2D eigenvalue weighted by molar-refractivity contribution is 6.42. The summed E-state index contributed by atoms with van der Waals surface area (Å²) in [4.78, 5) is 40.2. The van der Waals surface area contributed by atoms with Crippen LogP contribution in [0.1, 0.15) is 33.1 Å². The number of carbonyl (C=O) groups excluding carboxylic acids is 2. The lowest BCUT2D eigenvalue weighted by molar-refractivity contribution is -0.709. The number of aromatic amines is 2. The summed E-state index contributed by atoms with van der Waals surface area (Å²) in [7, 11) is 0. The molecule has 2 N–H and O–H groups in total. The monoisotopic (exact) mass is 641 g/mol. The topological polar surface area (TPSA) is 117 Å². The molecule has 0 unspecified atom stereocenters. The lowest BCUT2D eigenvalue weighted by atomic mass is 10.0. The number of amides is 1. The summed E-state index contributed by atoms with van der Waals surface area (Å²) in [5.74, 6) is -4.21. The van der Waals surface area contributed by atoms with Crippen molar-refractivity contribution in [2.24, 2.45) is 0 Å². The van der Waals surface area contributed by atoms with Gasteiger partial charge in [0.15, 0.2) is 0 Å². The summed E-state index contributed by atoms with van der Waals surface area (Å²) in [5.41, 5.74) is -0.178. The zero-order valence-electron chi connectivity index (χ0n) is 20.7. The van der Waals surface area contributed by atoms with Crippen molar-refractivity contribution in [3.63, 3.8) is 0 Å². The van der Waals surface area contributed by atoms with Crippen LogP contribution in [-0.4, -0.2) is 43.9 Å². The number of carbonyl (C=O) groups is 2. The van der Waals surface area contributed by atoms with Gasteiger partial charge in [0.2, 0.25) is 5.69 Å². The number of halogens is 9. The molecule has 9 nitrogen and oxygen atoms in total. The highest BCUT2D eigenvalue weighted by Gasteiger charge is 2.40. The molecule has 3 aromatic heterocycles. The van der Waals surface area contributed by atoms with Gasteiger partial charge in [-0.1, -0.05) is 29.3 Å². The maximum atomic E-state index is 14.6. The number of nitrogens with one attached hydrogen (secondary N) is 2. The van der Waals surface area contributed by atoms with Crippen molar-refractivity contribution >= 4 is 40.6 Å². The Hall–Kier alpha value is -4.05. The first kappa shape index (κ1) is 30.9. The van der Waals surface area contributed by atoms with Crippen molar-refractivity contribution in [1.82, 2.24) is 19.3 Å². The number of carboxylic acid groups (broad SMARTS) is 1. The Balaban J connectivity index is 0.000000517. The molecule has 0 aliphatic carbocycles. The maximum absolute atomic E-state index is 14.6. The lowest BCUT2D eigenvalue weighted by Crippen LogP contribution is -2.50. The third kappa shape index (κ3) is 6.38. The zero-order valence-corrected chi connectivity index (χ0v) is 22.2. The van der Waals surface area contributed by atoms with Gasteiger partial charge < -0.3 is 19.8 Å². The molecule has 224 valence electrons. The Morgan fingerprint density at radius 1 is 1.10 bits per heavy atom. The van der Waals surface area contributed by atoms with Crippen molar-refractivity contribution in [2.45, 2.75) is 31.9 Å². The number of benzene rings is 1. The number of H-pyrrole nitrogens is 2.